The van der Waals surface area contributed by atoms with E-state index in [4.69, 9.17) is 9.51 Å². The Labute approximate surface area is 152 Å². The van der Waals surface area contributed by atoms with E-state index >= 15 is 0 Å². The lowest BCUT2D eigenvalue weighted by molar-refractivity contribution is -0.131. The summed E-state index contributed by atoms with van der Waals surface area (Å²) in [6, 6.07) is 6.18. The summed E-state index contributed by atoms with van der Waals surface area (Å²) in [5, 5.41) is 3.95. The number of likely N-dealkylation sites (tertiary alicyclic amines) is 1. The van der Waals surface area contributed by atoms with Crippen LogP contribution >= 0.6 is 0 Å². The number of aromatic nitrogens is 3. The number of H-pyrrole nitrogens is 1. The molecule has 0 bridgehead atoms. The number of nitrogens with zero attached hydrogens (tertiary/aromatic N) is 3. The summed E-state index contributed by atoms with van der Waals surface area (Å²) < 4.78 is 5.18. The molecule has 1 N–H and O–H groups in total. The monoisotopic (exact) mass is 352 g/mol. The summed E-state index contributed by atoms with van der Waals surface area (Å²) in [5.74, 6) is 2.11. The Balaban J connectivity index is 1.51. The molecule has 136 valence electrons. The smallest absolute Gasteiger partial charge is 0.227 e. The third kappa shape index (κ3) is 3.00. The maximum absolute atomic E-state index is 12.8. The summed E-state index contributed by atoms with van der Waals surface area (Å²) in [7, 11) is 0. The van der Waals surface area contributed by atoms with Gasteiger partial charge < -0.3 is 14.4 Å². The second-order valence-electron chi connectivity index (χ2n) is 7.25. The first kappa shape index (κ1) is 16.8. The molecule has 3 heterocycles. The summed E-state index contributed by atoms with van der Waals surface area (Å²) in [5.41, 5.74) is 4.99. The van der Waals surface area contributed by atoms with Crippen LogP contribution in [0.15, 0.2) is 22.7 Å². The van der Waals surface area contributed by atoms with Crippen molar-refractivity contribution in [3.8, 4) is 0 Å². The molecule has 0 spiro atoms. The highest BCUT2D eigenvalue weighted by atomic mass is 16.5. The number of fused-ring (bicyclic) bond motifs is 1. The first-order valence-electron chi connectivity index (χ1n) is 9.17. The molecule has 6 nitrogen and oxygen atoms in total. The van der Waals surface area contributed by atoms with Crippen molar-refractivity contribution in [2.45, 2.75) is 46.0 Å². The molecule has 0 unspecified atom stereocenters. The van der Waals surface area contributed by atoms with Gasteiger partial charge in [0.25, 0.3) is 0 Å². The number of imidazole rings is 1. The number of aryl methyl sites for hydroxylation is 3. The zero-order valence-corrected chi connectivity index (χ0v) is 15.5. The van der Waals surface area contributed by atoms with E-state index in [1.807, 2.05) is 24.8 Å². The Hall–Kier alpha value is -2.63. The molecule has 26 heavy (non-hydrogen) atoms. The zero-order chi connectivity index (χ0) is 18.3. The van der Waals surface area contributed by atoms with Gasteiger partial charge in [0.05, 0.1) is 23.1 Å². The Bertz CT molecular complexity index is 937. The average Bonchev–Trinajstić information content (AvgIpc) is 3.21. The Morgan fingerprint density at radius 1 is 1.35 bits per heavy atom. The van der Waals surface area contributed by atoms with Crippen molar-refractivity contribution < 1.29 is 9.32 Å². The average molecular weight is 352 g/mol. The van der Waals surface area contributed by atoms with Crippen molar-refractivity contribution in [2.24, 2.45) is 0 Å². The van der Waals surface area contributed by atoms with Gasteiger partial charge in [0.1, 0.15) is 11.6 Å². The fourth-order valence-corrected chi connectivity index (χ4v) is 3.83. The van der Waals surface area contributed by atoms with Crippen LogP contribution in [0.4, 0.5) is 0 Å². The lowest BCUT2D eigenvalue weighted by Crippen LogP contribution is -2.40. The van der Waals surface area contributed by atoms with Gasteiger partial charge in [-0.1, -0.05) is 17.3 Å². The largest absolute Gasteiger partial charge is 0.361 e. The highest BCUT2D eigenvalue weighted by Crippen LogP contribution is 2.28. The molecule has 4 rings (SSSR count). The normalized spacial score (nSPS) is 17.8. The minimum Gasteiger partial charge on any atom is -0.361 e. The number of amides is 1. The van der Waals surface area contributed by atoms with Gasteiger partial charge in [0, 0.05) is 24.6 Å². The topological polar surface area (TPSA) is 75.0 Å². The maximum Gasteiger partial charge on any atom is 0.227 e. The van der Waals surface area contributed by atoms with Gasteiger partial charge in [-0.3, -0.25) is 4.79 Å². The molecule has 3 aromatic rings. The predicted molar refractivity (Wildman–Crippen MR) is 99.1 cm³/mol. The number of nitrogens with one attached hydrogen (secondary N) is 1. The van der Waals surface area contributed by atoms with Crippen molar-refractivity contribution in [1.82, 2.24) is 20.0 Å². The van der Waals surface area contributed by atoms with Gasteiger partial charge in [0.2, 0.25) is 5.91 Å². The third-order valence-corrected chi connectivity index (χ3v) is 5.40. The van der Waals surface area contributed by atoms with Crippen LogP contribution in [-0.2, 0) is 11.2 Å². The molecular weight excluding hydrogens is 328 g/mol. The van der Waals surface area contributed by atoms with Crippen LogP contribution in [0.3, 0.4) is 0 Å². The first-order valence-corrected chi connectivity index (χ1v) is 9.17. The van der Waals surface area contributed by atoms with E-state index in [1.54, 1.807) is 0 Å². The van der Waals surface area contributed by atoms with Crippen molar-refractivity contribution >= 4 is 16.9 Å². The van der Waals surface area contributed by atoms with E-state index in [2.05, 4.69) is 29.2 Å². The van der Waals surface area contributed by atoms with Crippen LogP contribution in [0, 0.1) is 20.8 Å². The zero-order valence-electron chi connectivity index (χ0n) is 15.5. The molecule has 1 fully saturated rings. The van der Waals surface area contributed by atoms with Crippen LogP contribution in [0.25, 0.3) is 11.0 Å². The van der Waals surface area contributed by atoms with Crippen LogP contribution in [0.2, 0.25) is 0 Å². The fourth-order valence-electron chi connectivity index (χ4n) is 3.83. The van der Waals surface area contributed by atoms with E-state index in [1.165, 1.54) is 5.56 Å². The molecule has 1 atom stereocenters. The van der Waals surface area contributed by atoms with Crippen molar-refractivity contribution in [2.75, 3.05) is 13.1 Å². The molecule has 0 radical (unpaired) electrons. The number of rotatable bonds is 3. The van der Waals surface area contributed by atoms with Gasteiger partial charge in [-0.2, -0.15) is 0 Å². The fraction of sp³-hybridized carbons (Fsp3) is 0.450. The van der Waals surface area contributed by atoms with Crippen LogP contribution in [0.1, 0.15) is 47.2 Å². The Morgan fingerprint density at radius 3 is 2.92 bits per heavy atom. The Kier molecular flexibility index (Phi) is 4.26. The number of piperidine rings is 1. The van der Waals surface area contributed by atoms with E-state index < -0.39 is 0 Å². The first-order chi connectivity index (χ1) is 12.5. The summed E-state index contributed by atoms with van der Waals surface area (Å²) in [4.78, 5) is 23.0. The lowest BCUT2D eigenvalue weighted by atomic mass is 9.96. The quantitative estimate of drug-likeness (QED) is 0.784. The van der Waals surface area contributed by atoms with Gasteiger partial charge >= 0.3 is 0 Å². The van der Waals surface area contributed by atoms with Crippen LogP contribution in [-0.4, -0.2) is 39.0 Å². The molecule has 1 aliphatic heterocycles. The number of para-hydroxylation sites is 1. The SMILES string of the molecule is Cc1noc(C)c1CC(=O)N1CCC[C@@H](c2nc3c(C)cccc3[nH]2)C1. The lowest BCUT2D eigenvalue weighted by Gasteiger charge is -2.32. The summed E-state index contributed by atoms with van der Waals surface area (Å²) in [6.45, 7) is 7.33. The van der Waals surface area contributed by atoms with Gasteiger partial charge in [-0.05, 0) is 45.2 Å². The number of carbonyl (C=O) groups is 1. The van der Waals surface area contributed by atoms with E-state index in [-0.39, 0.29) is 11.8 Å². The summed E-state index contributed by atoms with van der Waals surface area (Å²) in [6.07, 6.45) is 2.40. The van der Waals surface area contributed by atoms with Crippen LogP contribution < -0.4 is 0 Å². The highest BCUT2D eigenvalue weighted by Gasteiger charge is 2.28. The minimum absolute atomic E-state index is 0.136. The molecule has 1 saturated heterocycles. The number of hydrogen-bond acceptors (Lipinski definition) is 4. The standard InChI is InChI=1S/C20H24N4O2/c1-12-6-4-8-17-19(12)22-20(21-17)15-7-5-9-24(11-15)18(25)10-16-13(2)23-26-14(16)3/h4,6,8,15H,5,7,9-11H2,1-3H3,(H,21,22)/t15-/m1/s1. The van der Waals surface area contributed by atoms with Crippen molar-refractivity contribution in [1.29, 1.82) is 0 Å². The number of benzene rings is 1. The molecular formula is C20H24N4O2. The van der Waals surface area contributed by atoms with E-state index in [0.29, 0.717) is 13.0 Å². The second kappa shape index (κ2) is 6.59. The number of hydrogen-bond donors (Lipinski definition) is 1. The third-order valence-electron chi connectivity index (χ3n) is 5.40. The molecule has 0 aliphatic carbocycles. The molecule has 1 aliphatic rings. The van der Waals surface area contributed by atoms with Crippen LogP contribution in [0.5, 0.6) is 0 Å². The van der Waals surface area contributed by atoms with E-state index in [9.17, 15) is 4.79 Å². The number of aromatic amines is 1. The van der Waals surface area contributed by atoms with Crippen molar-refractivity contribution in [3.63, 3.8) is 0 Å². The Morgan fingerprint density at radius 2 is 2.19 bits per heavy atom. The molecule has 2 aromatic heterocycles. The molecule has 1 aromatic carbocycles. The van der Waals surface area contributed by atoms with Gasteiger partial charge in [-0.25, -0.2) is 4.98 Å². The van der Waals surface area contributed by atoms with Gasteiger partial charge in [-0.15, -0.1) is 0 Å². The van der Waals surface area contributed by atoms with E-state index in [0.717, 1.165) is 53.3 Å². The van der Waals surface area contributed by atoms with Crippen molar-refractivity contribution in [3.05, 3.63) is 46.6 Å². The van der Waals surface area contributed by atoms with Gasteiger partial charge in [0.15, 0.2) is 0 Å². The number of carbonyl (C=O) groups excluding carboxylic acids is 1. The second-order valence-corrected chi connectivity index (χ2v) is 7.25. The molecule has 1 amide bonds. The highest BCUT2D eigenvalue weighted by molar-refractivity contribution is 5.80. The summed E-state index contributed by atoms with van der Waals surface area (Å²) >= 11 is 0. The molecule has 6 heteroatoms. The predicted octanol–water partition coefficient (Wildman–Crippen LogP) is 3.42. The molecule has 0 saturated carbocycles. The minimum atomic E-state index is 0.136. The maximum atomic E-state index is 12.8.